The molecule has 0 saturated heterocycles. The van der Waals surface area contributed by atoms with Crippen LogP contribution >= 0.6 is 0 Å². The molecule has 0 radical (unpaired) electrons. The molecule has 1 heterocycles. The quantitative estimate of drug-likeness (QED) is 0.581. The van der Waals surface area contributed by atoms with Gasteiger partial charge in [-0.15, -0.1) is 0 Å². The third kappa shape index (κ3) is 3.66. The van der Waals surface area contributed by atoms with E-state index in [2.05, 4.69) is 9.98 Å². The zero-order chi connectivity index (χ0) is 12.7. The predicted molar refractivity (Wildman–Crippen MR) is 67.6 cm³/mol. The van der Waals surface area contributed by atoms with Crippen molar-refractivity contribution in [2.45, 2.75) is 27.2 Å². The minimum absolute atomic E-state index is 0.335. The molecule has 0 bridgehead atoms. The van der Waals surface area contributed by atoms with Crippen molar-refractivity contribution in [2.24, 2.45) is 4.99 Å². The fraction of sp³-hybridized carbons (Fsp3) is 0.462. The summed E-state index contributed by atoms with van der Waals surface area (Å²) in [5.74, 6) is -0.388. The van der Waals surface area contributed by atoms with Gasteiger partial charge in [-0.05, 0) is 32.4 Å². The fourth-order valence-corrected chi connectivity index (χ4v) is 1.48. The Labute approximate surface area is 102 Å². The van der Waals surface area contributed by atoms with Crippen LogP contribution in [0.5, 0.6) is 0 Å². The van der Waals surface area contributed by atoms with Crippen LogP contribution in [-0.2, 0) is 4.74 Å². The molecule has 4 heteroatoms. The van der Waals surface area contributed by atoms with Crippen LogP contribution in [0, 0.1) is 0 Å². The van der Waals surface area contributed by atoms with E-state index >= 15 is 0 Å². The molecule has 0 N–H and O–H groups in total. The van der Waals surface area contributed by atoms with Gasteiger partial charge in [0.1, 0.15) is 5.69 Å². The van der Waals surface area contributed by atoms with Crippen molar-refractivity contribution >= 4 is 11.7 Å². The Morgan fingerprint density at radius 1 is 1.29 bits per heavy atom. The molecule has 0 aromatic carbocycles. The van der Waals surface area contributed by atoms with Crippen LogP contribution in [0.1, 0.15) is 43.4 Å². The summed E-state index contributed by atoms with van der Waals surface area (Å²) >= 11 is 0. The van der Waals surface area contributed by atoms with Crippen molar-refractivity contribution in [1.82, 2.24) is 4.98 Å². The van der Waals surface area contributed by atoms with E-state index in [-0.39, 0.29) is 5.97 Å². The lowest BCUT2D eigenvalue weighted by Gasteiger charge is -2.05. The van der Waals surface area contributed by atoms with E-state index < -0.39 is 0 Å². The lowest BCUT2D eigenvalue weighted by atomic mass is 10.2. The number of ether oxygens (including phenoxy) is 1. The Bertz CT molecular complexity index is 414. The first-order valence-corrected chi connectivity index (χ1v) is 5.90. The standard InChI is InChI=1S/C13H18N2O2/c1-4-10(14-5-2)11-8-7-9-12(15-11)13(16)17-6-3/h7-9H,4-6H2,1-3H3. The van der Waals surface area contributed by atoms with Gasteiger partial charge >= 0.3 is 5.97 Å². The molecule has 1 rings (SSSR count). The van der Waals surface area contributed by atoms with Crippen LogP contribution in [0.25, 0.3) is 0 Å². The number of carbonyl (C=O) groups is 1. The molecular weight excluding hydrogens is 216 g/mol. The number of rotatable bonds is 5. The molecule has 0 saturated carbocycles. The van der Waals surface area contributed by atoms with E-state index in [0.29, 0.717) is 18.8 Å². The maximum atomic E-state index is 11.5. The molecular formula is C13H18N2O2. The molecule has 92 valence electrons. The van der Waals surface area contributed by atoms with Crippen LogP contribution in [0.3, 0.4) is 0 Å². The van der Waals surface area contributed by atoms with Gasteiger partial charge in [-0.3, -0.25) is 4.99 Å². The molecule has 0 atom stereocenters. The van der Waals surface area contributed by atoms with Crippen molar-refractivity contribution in [3.63, 3.8) is 0 Å². The summed E-state index contributed by atoms with van der Waals surface area (Å²) in [6.45, 7) is 6.85. The van der Waals surface area contributed by atoms with Crippen molar-refractivity contribution in [2.75, 3.05) is 13.2 Å². The summed E-state index contributed by atoms with van der Waals surface area (Å²) in [7, 11) is 0. The lowest BCUT2D eigenvalue weighted by molar-refractivity contribution is 0.0519. The van der Waals surface area contributed by atoms with Crippen LogP contribution in [0.2, 0.25) is 0 Å². The molecule has 1 aromatic rings. The zero-order valence-electron chi connectivity index (χ0n) is 10.6. The van der Waals surface area contributed by atoms with Gasteiger partial charge in [-0.25, -0.2) is 9.78 Å². The summed E-state index contributed by atoms with van der Waals surface area (Å²) in [5.41, 5.74) is 2.00. The van der Waals surface area contributed by atoms with Crippen molar-refractivity contribution in [3.05, 3.63) is 29.6 Å². The molecule has 0 aliphatic carbocycles. The summed E-state index contributed by atoms with van der Waals surface area (Å²) in [5, 5.41) is 0. The van der Waals surface area contributed by atoms with E-state index in [4.69, 9.17) is 4.74 Å². The Balaban J connectivity index is 3.00. The van der Waals surface area contributed by atoms with Crippen molar-refractivity contribution in [3.8, 4) is 0 Å². The van der Waals surface area contributed by atoms with E-state index in [1.807, 2.05) is 19.9 Å². The number of pyridine rings is 1. The van der Waals surface area contributed by atoms with E-state index in [9.17, 15) is 4.79 Å². The Kier molecular flexibility index (Phi) is 5.33. The zero-order valence-corrected chi connectivity index (χ0v) is 10.6. The highest BCUT2D eigenvalue weighted by atomic mass is 16.5. The summed E-state index contributed by atoms with van der Waals surface area (Å²) in [4.78, 5) is 20.2. The monoisotopic (exact) mass is 234 g/mol. The molecule has 0 amide bonds. The summed E-state index contributed by atoms with van der Waals surface area (Å²) in [6, 6.07) is 5.32. The number of hydrogen-bond donors (Lipinski definition) is 0. The predicted octanol–water partition coefficient (Wildman–Crippen LogP) is 2.48. The maximum absolute atomic E-state index is 11.5. The number of aromatic nitrogens is 1. The third-order valence-electron chi connectivity index (χ3n) is 2.21. The highest BCUT2D eigenvalue weighted by Crippen LogP contribution is 2.05. The molecule has 0 aliphatic heterocycles. The molecule has 1 aromatic heterocycles. The third-order valence-corrected chi connectivity index (χ3v) is 2.21. The second-order valence-electron chi connectivity index (χ2n) is 3.40. The normalized spacial score (nSPS) is 11.4. The smallest absolute Gasteiger partial charge is 0.356 e. The number of hydrogen-bond acceptors (Lipinski definition) is 4. The topological polar surface area (TPSA) is 51.5 Å². The van der Waals surface area contributed by atoms with Gasteiger partial charge in [0.25, 0.3) is 0 Å². The lowest BCUT2D eigenvalue weighted by Crippen LogP contribution is -2.11. The van der Waals surface area contributed by atoms with Crippen LogP contribution in [-0.4, -0.2) is 29.8 Å². The molecule has 0 aliphatic rings. The average molecular weight is 234 g/mol. The molecule has 0 fully saturated rings. The van der Waals surface area contributed by atoms with Gasteiger partial charge in [0.15, 0.2) is 0 Å². The molecule has 4 nitrogen and oxygen atoms in total. The molecule has 17 heavy (non-hydrogen) atoms. The second-order valence-corrected chi connectivity index (χ2v) is 3.40. The van der Waals surface area contributed by atoms with E-state index in [1.54, 1.807) is 19.1 Å². The summed E-state index contributed by atoms with van der Waals surface area (Å²) in [6.07, 6.45) is 0.799. The number of esters is 1. The average Bonchev–Trinajstić information content (AvgIpc) is 2.36. The summed E-state index contributed by atoms with van der Waals surface area (Å²) < 4.78 is 4.91. The van der Waals surface area contributed by atoms with Gasteiger partial charge in [0, 0.05) is 6.54 Å². The SMILES string of the molecule is CCN=C(CC)c1cccc(C(=O)OCC)n1. The van der Waals surface area contributed by atoms with E-state index in [1.165, 1.54) is 0 Å². The fourth-order valence-electron chi connectivity index (χ4n) is 1.48. The number of nitrogens with zero attached hydrogens (tertiary/aromatic N) is 2. The minimum Gasteiger partial charge on any atom is -0.461 e. The highest BCUT2D eigenvalue weighted by molar-refractivity contribution is 5.99. The molecule has 0 spiro atoms. The van der Waals surface area contributed by atoms with Gasteiger partial charge in [0.2, 0.25) is 0 Å². The second kappa shape index (κ2) is 6.78. The molecule has 0 unspecified atom stereocenters. The Morgan fingerprint density at radius 2 is 2.00 bits per heavy atom. The Morgan fingerprint density at radius 3 is 2.59 bits per heavy atom. The van der Waals surface area contributed by atoms with Gasteiger partial charge in [0.05, 0.1) is 18.0 Å². The van der Waals surface area contributed by atoms with Crippen molar-refractivity contribution < 1.29 is 9.53 Å². The maximum Gasteiger partial charge on any atom is 0.356 e. The van der Waals surface area contributed by atoms with E-state index in [0.717, 1.165) is 17.8 Å². The van der Waals surface area contributed by atoms with Crippen LogP contribution in [0.4, 0.5) is 0 Å². The largest absolute Gasteiger partial charge is 0.461 e. The number of aliphatic imine (C=N–C) groups is 1. The van der Waals surface area contributed by atoms with Gasteiger partial charge in [-0.1, -0.05) is 13.0 Å². The first-order chi connectivity index (χ1) is 8.22. The van der Waals surface area contributed by atoms with Crippen LogP contribution < -0.4 is 0 Å². The van der Waals surface area contributed by atoms with Gasteiger partial charge in [-0.2, -0.15) is 0 Å². The Hall–Kier alpha value is -1.71. The van der Waals surface area contributed by atoms with Gasteiger partial charge < -0.3 is 4.74 Å². The first-order valence-electron chi connectivity index (χ1n) is 5.90. The van der Waals surface area contributed by atoms with Crippen molar-refractivity contribution in [1.29, 1.82) is 0 Å². The first kappa shape index (κ1) is 13.4. The highest BCUT2D eigenvalue weighted by Gasteiger charge is 2.10. The minimum atomic E-state index is -0.388. The number of carbonyl (C=O) groups excluding carboxylic acids is 1. The van der Waals surface area contributed by atoms with Crippen LogP contribution in [0.15, 0.2) is 23.2 Å².